The quantitative estimate of drug-likeness (QED) is 0.271. The fraction of sp³-hybridized carbons (Fsp3) is 0.455. The van der Waals surface area contributed by atoms with Crippen molar-refractivity contribution in [2.24, 2.45) is 5.92 Å². The minimum atomic E-state index is -0.160. The van der Waals surface area contributed by atoms with Gasteiger partial charge in [0.1, 0.15) is 0 Å². The van der Waals surface area contributed by atoms with Crippen molar-refractivity contribution in [3.8, 4) is 11.1 Å². The molecule has 3 aromatic carbocycles. The van der Waals surface area contributed by atoms with Crippen LogP contribution in [0.1, 0.15) is 59.2 Å². The zero-order valence-electron chi connectivity index (χ0n) is 23.1. The highest BCUT2D eigenvalue weighted by Crippen LogP contribution is 2.56. The first-order valence-corrected chi connectivity index (χ1v) is 13.5. The second kappa shape index (κ2) is 12.4. The topological polar surface area (TPSA) is 47.9 Å². The van der Waals surface area contributed by atoms with Crippen molar-refractivity contribution in [1.82, 2.24) is 0 Å². The van der Waals surface area contributed by atoms with Crippen molar-refractivity contribution < 1.29 is 19.3 Å². The summed E-state index contributed by atoms with van der Waals surface area (Å²) in [6.07, 6.45) is 1.06. The van der Waals surface area contributed by atoms with Crippen molar-refractivity contribution >= 4 is 0 Å². The Labute approximate surface area is 222 Å². The van der Waals surface area contributed by atoms with Crippen LogP contribution < -0.4 is 0 Å². The van der Waals surface area contributed by atoms with E-state index in [4.69, 9.17) is 19.3 Å². The molecule has 0 unspecified atom stereocenters. The van der Waals surface area contributed by atoms with Gasteiger partial charge in [0.05, 0.1) is 46.2 Å². The molecule has 0 heterocycles. The highest BCUT2D eigenvalue weighted by atomic mass is 16.5. The van der Waals surface area contributed by atoms with E-state index in [0.29, 0.717) is 45.6 Å². The number of hydrogen-bond donors (Lipinski definition) is 1. The smallest absolute Gasteiger partial charge is 0.0720 e. The van der Waals surface area contributed by atoms with Crippen LogP contribution in [0.2, 0.25) is 0 Å². The van der Waals surface area contributed by atoms with Gasteiger partial charge in [-0.05, 0) is 72.1 Å². The summed E-state index contributed by atoms with van der Waals surface area (Å²) in [5.74, 6) is 0.539. The summed E-state index contributed by atoms with van der Waals surface area (Å²) in [6.45, 7) is 14.3. The second-order valence-electron chi connectivity index (χ2n) is 10.7. The molecule has 4 heteroatoms. The third-order valence-electron chi connectivity index (χ3n) is 7.35. The molecule has 198 valence electrons. The summed E-state index contributed by atoms with van der Waals surface area (Å²) in [4.78, 5) is 0. The van der Waals surface area contributed by atoms with Gasteiger partial charge in [0.2, 0.25) is 0 Å². The number of aliphatic hydroxyl groups is 1. The molecular formula is C33H42O4. The van der Waals surface area contributed by atoms with E-state index in [-0.39, 0.29) is 12.0 Å². The molecule has 0 atom stereocenters. The van der Waals surface area contributed by atoms with E-state index in [1.54, 1.807) is 0 Å². The second-order valence-corrected chi connectivity index (χ2v) is 10.7. The Morgan fingerprint density at radius 1 is 0.703 bits per heavy atom. The molecule has 3 aromatic rings. The Bertz CT molecular complexity index is 1150. The van der Waals surface area contributed by atoms with Gasteiger partial charge in [-0.1, -0.05) is 79.6 Å². The molecule has 0 aromatic heterocycles. The molecule has 37 heavy (non-hydrogen) atoms. The first-order valence-electron chi connectivity index (χ1n) is 13.5. The first-order chi connectivity index (χ1) is 17.9. The Kier molecular flexibility index (Phi) is 9.20. The maximum atomic E-state index is 8.72. The maximum Gasteiger partial charge on any atom is 0.0720 e. The molecule has 4 nitrogen and oxygen atoms in total. The fourth-order valence-electron chi connectivity index (χ4n) is 5.71. The van der Waals surface area contributed by atoms with E-state index in [9.17, 15) is 0 Å². The third kappa shape index (κ3) is 5.99. The summed E-state index contributed by atoms with van der Waals surface area (Å²) >= 11 is 0. The number of fused-ring (bicyclic) bond motifs is 3. The van der Waals surface area contributed by atoms with Gasteiger partial charge in [-0.25, -0.2) is 0 Å². The number of benzene rings is 3. The molecule has 0 bridgehead atoms. The van der Waals surface area contributed by atoms with E-state index in [2.05, 4.69) is 89.2 Å². The van der Waals surface area contributed by atoms with Crippen LogP contribution in [0.25, 0.3) is 11.1 Å². The van der Waals surface area contributed by atoms with E-state index < -0.39 is 0 Å². The van der Waals surface area contributed by atoms with Crippen molar-refractivity contribution in [3.05, 3.63) is 93.5 Å². The number of aryl methyl sites for hydroxylation is 3. The summed E-state index contributed by atoms with van der Waals surface area (Å²) in [5.41, 5.74) is 11.9. The van der Waals surface area contributed by atoms with E-state index in [1.165, 1.54) is 50.1 Å². The minimum Gasteiger partial charge on any atom is -0.394 e. The van der Waals surface area contributed by atoms with Crippen molar-refractivity contribution in [3.63, 3.8) is 0 Å². The van der Waals surface area contributed by atoms with Gasteiger partial charge in [0.15, 0.2) is 0 Å². The summed E-state index contributed by atoms with van der Waals surface area (Å²) in [6, 6.07) is 20.9. The predicted molar refractivity (Wildman–Crippen MR) is 150 cm³/mol. The Morgan fingerprint density at radius 2 is 1.27 bits per heavy atom. The molecule has 4 rings (SSSR count). The van der Waals surface area contributed by atoms with Gasteiger partial charge < -0.3 is 19.3 Å². The lowest BCUT2D eigenvalue weighted by Crippen LogP contribution is -2.29. The molecular weight excluding hydrogens is 460 g/mol. The molecule has 1 aliphatic carbocycles. The standard InChI is InChI=1S/C33H42O4/c1-23(2)21-33(31-18-24(3)6-10-29(31)30-11-7-25(4)19-32(30)33)28-9-8-27(26(5)20-28)22-37-17-16-36-15-14-35-13-12-34/h6-11,18-20,23,34H,12-17,21-22H2,1-5H3. The normalized spacial score (nSPS) is 13.7. The van der Waals surface area contributed by atoms with Gasteiger partial charge >= 0.3 is 0 Å². The highest BCUT2D eigenvalue weighted by Gasteiger charge is 2.45. The van der Waals surface area contributed by atoms with Gasteiger partial charge in [0, 0.05) is 5.41 Å². The van der Waals surface area contributed by atoms with Crippen molar-refractivity contribution in [2.45, 2.75) is 53.1 Å². The van der Waals surface area contributed by atoms with Crippen LogP contribution in [0.5, 0.6) is 0 Å². The summed E-state index contributed by atoms with van der Waals surface area (Å²) < 4.78 is 16.7. The van der Waals surface area contributed by atoms with Crippen molar-refractivity contribution in [1.29, 1.82) is 0 Å². The number of rotatable bonds is 13. The third-order valence-corrected chi connectivity index (χ3v) is 7.35. The lowest BCUT2D eigenvalue weighted by atomic mass is 9.67. The monoisotopic (exact) mass is 502 g/mol. The molecule has 0 saturated carbocycles. The fourth-order valence-corrected chi connectivity index (χ4v) is 5.71. The van der Waals surface area contributed by atoms with Gasteiger partial charge in [-0.2, -0.15) is 0 Å². The van der Waals surface area contributed by atoms with Crippen LogP contribution in [0.4, 0.5) is 0 Å². The zero-order valence-corrected chi connectivity index (χ0v) is 23.1. The van der Waals surface area contributed by atoms with Gasteiger partial charge in [0.25, 0.3) is 0 Å². The molecule has 0 aliphatic heterocycles. The summed E-state index contributed by atoms with van der Waals surface area (Å²) in [7, 11) is 0. The number of aliphatic hydroxyl groups excluding tert-OH is 1. The Morgan fingerprint density at radius 3 is 1.81 bits per heavy atom. The van der Waals surface area contributed by atoms with Crippen LogP contribution >= 0.6 is 0 Å². The molecule has 1 N–H and O–H groups in total. The van der Waals surface area contributed by atoms with Gasteiger partial charge in [-0.3, -0.25) is 0 Å². The predicted octanol–water partition coefficient (Wildman–Crippen LogP) is 6.51. The number of ether oxygens (including phenoxy) is 3. The molecule has 1 aliphatic rings. The van der Waals surface area contributed by atoms with Crippen LogP contribution in [-0.2, 0) is 26.2 Å². The lowest BCUT2D eigenvalue weighted by Gasteiger charge is -2.35. The first kappa shape index (κ1) is 27.5. The average Bonchev–Trinajstić information content (AvgIpc) is 3.12. The largest absolute Gasteiger partial charge is 0.394 e. The molecule has 0 fully saturated rings. The van der Waals surface area contributed by atoms with Gasteiger partial charge in [-0.15, -0.1) is 0 Å². The minimum absolute atomic E-state index is 0.0398. The molecule has 0 spiro atoms. The van der Waals surface area contributed by atoms with Crippen LogP contribution in [-0.4, -0.2) is 44.7 Å². The summed E-state index contributed by atoms with van der Waals surface area (Å²) in [5, 5.41) is 8.72. The molecule has 0 radical (unpaired) electrons. The average molecular weight is 503 g/mol. The lowest BCUT2D eigenvalue weighted by molar-refractivity contribution is 0.00444. The van der Waals surface area contributed by atoms with Crippen LogP contribution in [0.15, 0.2) is 54.6 Å². The van der Waals surface area contributed by atoms with Crippen LogP contribution in [0.3, 0.4) is 0 Å². The molecule has 0 amide bonds. The van der Waals surface area contributed by atoms with E-state index in [0.717, 1.165) is 6.42 Å². The maximum absolute atomic E-state index is 8.72. The zero-order chi connectivity index (χ0) is 26.4. The van der Waals surface area contributed by atoms with Crippen LogP contribution in [0, 0.1) is 26.7 Å². The Hall–Kier alpha value is -2.50. The SMILES string of the molecule is Cc1ccc2c(c1)C(CC(C)C)(c1ccc(COCCOCCOCCO)c(C)c1)c1cc(C)ccc1-2. The van der Waals surface area contributed by atoms with E-state index in [1.807, 2.05) is 0 Å². The molecule has 0 saturated heterocycles. The Balaban J connectivity index is 1.57. The van der Waals surface area contributed by atoms with Crippen molar-refractivity contribution in [2.75, 3.05) is 39.6 Å². The van der Waals surface area contributed by atoms with E-state index >= 15 is 0 Å². The number of hydrogen-bond acceptors (Lipinski definition) is 4. The highest BCUT2D eigenvalue weighted by molar-refractivity contribution is 5.84.